The van der Waals surface area contributed by atoms with E-state index in [1.807, 2.05) is 6.07 Å². The number of ether oxygens (including phenoxy) is 1. The van der Waals surface area contributed by atoms with Gasteiger partial charge in [-0.3, -0.25) is 9.79 Å². The molecule has 1 N–H and O–H groups in total. The first-order chi connectivity index (χ1) is 22.3. The molecular weight excluding hydrogens is 590 g/mol. The molecule has 3 fully saturated rings. The molecule has 0 amide bonds. The van der Waals surface area contributed by atoms with Gasteiger partial charge in [0.1, 0.15) is 18.4 Å². The second-order valence-corrected chi connectivity index (χ2v) is 19.6. The highest BCUT2D eigenvalue weighted by Gasteiger charge is 2.59. The van der Waals surface area contributed by atoms with Gasteiger partial charge < -0.3 is 9.84 Å². The fourth-order valence-corrected chi connectivity index (χ4v) is 11.0. The van der Waals surface area contributed by atoms with E-state index in [2.05, 4.69) is 93.3 Å². The Balaban J connectivity index is 1.20. The summed E-state index contributed by atoms with van der Waals surface area (Å²) in [7, 11) is 0. The molecule has 268 valence electrons. The van der Waals surface area contributed by atoms with Crippen molar-refractivity contribution in [1.29, 1.82) is 0 Å². The zero-order valence-electron chi connectivity index (χ0n) is 32.5. The van der Waals surface area contributed by atoms with Gasteiger partial charge in [-0.05, 0) is 114 Å². The molecular formula is C44H69NO3. The Labute approximate surface area is 294 Å². The van der Waals surface area contributed by atoms with Crippen molar-refractivity contribution in [3.8, 4) is 5.75 Å². The Bertz CT molecular complexity index is 1370. The van der Waals surface area contributed by atoms with Gasteiger partial charge in [0.25, 0.3) is 0 Å². The van der Waals surface area contributed by atoms with Crippen molar-refractivity contribution in [3.05, 3.63) is 40.5 Å². The SMILES string of the molecule is CC(C)CCC[C@@H](C)[C@H]1CC[C@H]2[C@@H]3CC=C4C[C@@H](OC(=O)CN=Cc5cc(C(C)(C)C)cc(C(C)(C)C)c5O)CC[C@]4(C)[C@H]3CC[C@]12C. The van der Waals surface area contributed by atoms with Gasteiger partial charge in [0, 0.05) is 23.8 Å². The molecule has 1 aromatic carbocycles. The maximum Gasteiger partial charge on any atom is 0.327 e. The minimum atomic E-state index is -0.274. The third-order valence-corrected chi connectivity index (χ3v) is 13.8. The van der Waals surface area contributed by atoms with E-state index in [9.17, 15) is 9.90 Å². The Morgan fingerprint density at radius 2 is 1.71 bits per heavy atom. The number of hydrogen-bond donors (Lipinski definition) is 1. The maximum absolute atomic E-state index is 13.0. The summed E-state index contributed by atoms with van der Waals surface area (Å²) in [6, 6.07) is 4.10. The summed E-state index contributed by atoms with van der Waals surface area (Å²) in [4.78, 5) is 17.5. The number of phenols is 1. The summed E-state index contributed by atoms with van der Waals surface area (Å²) in [5.74, 6) is 4.95. The van der Waals surface area contributed by atoms with Crippen LogP contribution in [0.4, 0.5) is 0 Å². The predicted octanol–water partition coefficient (Wildman–Crippen LogP) is 11.4. The topological polar surface area (TPSA) is 58.9 Å². The van der Waals surface area contributed by atoms with Crippen molar-refractivity contribution < 1.29 is 14.6 Å². The van der Waals surface area contributed by atoms with Gasteiger partial charge in [-0.25, -0.2) is 0 Å². The molecule has 4 nitrogen and oxygen atoms in total. The molecule has 1 aromatic rings. The van der Waals surface area contributed by atoms with Crippen LogP contribution in [0.25, 0.3) is 0 Å². The summed E-state index contributed by atoms with van der Waals surface area (Å²) >= 11 is 0. The van der Waals surface area contributed by atoms with Gasteiger partial charge in [0.15, 0.2) is 0 Å². The lowest BCUT2D eigenvalue weighted by Gasteiger charge is -2.58. The third-order valence-electron chi connectivity index (χ3n) is 13.8. The van der Waals surface area contributed by atoms with E-state index in [0.29, 0.717) is 11.0 Å². The highest BCUT2D eigenvalue weighted by molar-refractivity contribution is 5.86. The highest BCUT2D eigenvalue weighted by atomic mass is 16.5. The van der Waals surface area contributed by atoms with E-state index in [0.717, 1.165) is 65.9 Å². The number of aliphatic imine (C=N–C) groups is 1. The lowest BCUT2D eigenvalue weighted by molar-refractivity contribution is -0.149. The molecule has 5 rings (SSSR count). The molecule has 0 aromatic heterocycles. The van der Waals surface area contributed by atoms with E-state index < -0.39 is 0 Å². The number of nitrogens with zero attached hydrogens (tertiary/aromatic N) is 1. The molecule has 4 aliphatic carbocycles. The Morgan fingerprint density at radius 3 is 2.38 bits per heavy atom. The van der Waals surface area contributed by atoms with Crippen LogP contribution in [0, 0.1) is 46.3 Å². The van der Waals surface area contributed by atoms with Crippen LogP contribution in [0.2, 0.25) is 0 Å². The van der Waals surface area contributed by atoms with Crippen LogP contribution >= 0.6 is 0 Å². The van der Waals surface area contributed by atoms with Gasteiger partial charge >= 0.3 is 5.97 Å². The van der Waals surface area contributed by atoms with Crippen LogP contribution < -0.4 is 0 Å². The molecule has 4 aliphatic rings. The van der Waals surface area contributed by atoms with Gasteiger partial charge in [0.05, 0.1) is 0 Å². The Kier molecular flexibility index (Phi) is 10.8. The fourth-order valence-electron chi connectivity index (χ4n) is 11.0. The summed E-state index contributed by atoms with van der Waals surface area (Å²) in [5, 5.41) is 11.1. The zero-order valence-corrected chi connectivity index (χ0v) is 32.5. The normalized spacial score (nSPS) is 32.8. The molecule has 0 radical (unpaired) electrons. The minimum Gasteiger partial charge on any atom is -0.507 e. The lowest BCUT2D eigenvalue weighted by Crippen LogP contribution is -2.51. The zero-order chi connectivity index (χ0) is 35.2. The second-order valence-electron chi connectivity index (χ2n) is 19.6. The van der Waals surface area contributed by atoms with Crippen molar-refractivity contribution >= 4 is 12.2 Å². The number of aromatic hydroxyl groups is 1. The first-order valence-electron chi connectivity index (χ1n) is 19.6. The number of phenolic OH excluding ortho intramolecular Hbond substituents is 1. The first-order valence-corrected chi connectivity index (χ1v) is 19.6. The average Bonchev–Trinajstić information content (AvgIpc) is 3.34. The quantitative estimate of drug-likeness (QED) is 0.163. The second kappa shape index (κ2) is 13.9. The number of fused-ring (bicyclic) bond motifs is 5. The maximum atomic E-state index is 13.0. The van der Waals surface area contributed by atoms with Crippen LogP contribution in [-0.2, 0) is 20.4 Å². The van der Waals surface area contributed by atoms with E-state index in [1.54, 1.807) is 11.8 Å². The molecule has 0 spiro atoms. The molecule has 4 heteroatoms. The van der Waals surface area contributed by atoms with Crippen LogP contribution in [0.5, 0.6) is 5.75 Å². The van der Waals surface area contributed by atoms with Gasteiger partial charge in [-0.15, -0.1) is 0 Å². The number of esters is 1. The number of benzene rings is 1. The molecule has 8 atom stereocenters. The van der Waals surface area contributed by atoms with Crippen LogP contribution in [0.3, 0.4) is 0 Å². The van der Waals surface area contributed by atoms with Crippen LogP contribution in [0.15, 0.2) is 28.8 Å². The van der Waals surface area contributed by atoms with Gasteiger partial charge in [-0.1, -0.05) is 113 Å². The number of allylic oxidation sites excluding steroid dienone is 1. The van der Waals surface area contributed by atoms with Crippen molar-refractivity contribution in [1.82, 2.24) is 0 Å². The summed E-state index contributed by atoms with van der Waals surface area (Å²) in [5.41, 5.74) is 4.72. The highest BCUT2D eigenvalue weighted by Crippen LogP contribution is 2.67. The molecule has 0 heterocycles. The van der Waals surface area contributed by atoms with Crippen molar-refractivity contribution in [2.24, 2.45) is 51.3 Å². The molecule has 48 heavy (non-hydrogen) atoms. The van der Waals surface area contributed by atoms with Gasteiger partial charge in [0.2, 0.25) is 0 Å². The third kappa shape index (κ3) is 7.48. The van der Waals surface area contributed by atoms with Crippen molar-refractivity contribution in [3.63, 3.8) is 0 Å². The van der Waals surface area contributed by atoms with Crippen molar-refractivity contribution in [2.75, 3.05) is 6.54 Å². The van der Waals surface area contributed by atoms with Crippen LogP contribution in [0.1, 0.15) is 163 Å². The number of hydrogen-bond acceptors (Lipinski definition) is 4. The summed E-state index contributed by atoms with van der Waals surface area (Å²) in [6.45, 7) is 25.3. The predicted molar refractivity (Wildman–Crippen MR) is 201 cm³/mol. The molecule has 0 saturated heterocycles. The van der Waals surface area contributed by atoms with E-state index in [-0.39, 0.29) is 40.6 Å². The minimum absolute atomic E-state index is 0.0289. The first kappa shape index (κ1) is 37.2. The van der Waals surface area contributed by atoms with E-state index in [1.165, 1.54) is 51.4 Å². The van der Waals surface area contributed by atoms with E-state index in [4.69, 9.17) is 4.74 Å². The molecule has 0 aliphatic heterocycles. The fraction of sp³-hybridized carbons (Fsp3) is 0.773. The van der Waals surface area contributed by atoms with Crippen LogP contribution in [-0.4, -0.2) is 29.9 Å². The number of carbonyl (C=O) groups excluding carboxylic acids is 1. The number of rotatable bonds is 9. The monoisotopic (exact) mass is 660 g/mol. The largest absolute Gasteiger partial charge is 0.507 e. The average molecular weight is 660 g/mol. The molecule has 0 unspecified atom stereocenters. The molecule has 0 bridgehead atoms. The standard InChI is InChI=1S/C44H69NO3/c1-28(2)13-12-14-29(3)35-17-18-36-34-16-15-31-24-33(19-21-43(31,10)37(34)20-22-44(35,36)11)48-39(46)27-45-26-30-23-32(41(4,5)6)25-38(40(30)47)42(7,8)9/h15,23,25-26,28-29,33-37,47H,12-14,16-22,24,27H2,1-11H3/t29-,33+,34+,35-,36+,37+,43+,44-/m1/s1. The van der Waals surface area contributed by atoms with E-state index >= 15 is 0 Å². The molecule has 3 saturated carbocycles. The number of carbonyl (C=O) groups is 1. The lowest BCUT2D eigenvalue weighted by atomic mass is 9.47. The van der Waals surface area contributed by atoms with Crippen molar-refractivity contribution in [2.45, 2.75) is 164 Å². The Morgan fingerprint density at radius 1 is 0.979 bits per heavy atom. The smallest absolute Gasteiger partial charge is 0.327 e. The van der Waals surface area contributed by atoms with Gasteiger partial charge in [-0.2, -0.15) is 0 Å². The summed E-state index contributed by atoms with van der Waals surface area (Å²) < 4.78 is 6.06. The Hall–Kier alpha value is -2.10. The summed E-state index contributed by atoms with van der Waals surface area (Å²) in [6.07, 6.45) is 18.1.